The summed E-state index contributed by atoms with van der Waals surface area (Å²) < 4.78 is 0. The first-order chi connectivity index (χ1) is 10.2. The van der Waals surface area contributed by atoms with Crippen molar-refractivity contribution in [1.29, 1.82) is 5.26 Å². The highest BCUT2D eigenvalue weighted by Crippen LogP contribution is 2.32. The molecule has 0 fully saturated rings. The average molecular weight is 323 g/mol. The lowest BCUT2D eigenvalue weighted by Gasteiger charge is -2.20. The van der Waals surface area contributed by atoms with Crippen LogP contribution in [0.15, 0.2) is 23.8 Å². The zero-order chi connectivity index (χ0) is 17.1. The minimum absolute atomic E-state index is 0.113. The molecule has 0 aliphatic rings. The Morgan fingerprint density at radius 2 is 2.09 bits per heavy atom. The van der Waals surface area contributed by atoms with Crippen LogP contribution in [0.3, 0.4) is 0 Å². The Kier molecular flexibility index (Phi) is 5.28. The number of rotatable bonds is 5. The molecule has 0 radical (unpaired) electrons. The SMILES string of the molecule is CCC(C)(C)C(=O)/C(C#N)=C(\O)c1ccc(Cl)cc1[N+](=O)[O-]. The number of Topliss-reactive ketones (excluding diaryl/α,β-unsaturated/α-hetero) is 1. The summed E-state index contributed by atoms with van der Waals surface area (Å²) in [5.41, 5.74) is -2.05. The molecule has 116 valence electrons. The maximum absolute atomic E-state index is 12.4. The van der Waals surface area contributed by atoms with Crippen LogP contribution in [-0.2, 0) is 4.79 Å². The number of benzene rings is 1. The number of allylic oxidation sites excluding steroid dienone is 1. The Balaban J connectivity index is 3.57. The summed E-state index contributed by atoms with van der Waals surface area (Å²) in [6.07, 6.45) is 0.451. The lowest BCUT2D eigenvalue weighted by atomic mass is 9.81. The Hall–Kier alpha value is -2.39. The normalized spacial score (nSPS) is 12.3. The van der Waals surface area contributed by atoms with Crippen LogP contribution in [0, 0.1) is 26.9 Å². The van der Waals surface area contributed by atoms with Crippen LogP contribution >= 0.6 is 11.6 Å². The summed E-state index contributed by atoms with van der Waals surface area (Å²) in [5, 5.41) is 30.6. The minimum Gasteiger partial charge on any atom is -0.506 e. The quantitative estimate of drug-likeness (QED) is 0.289. The molecule has 0 amide bonds. The van der Waals surface area contributed by atoms with Gasteiger partial charge >= 0.3 is 0 Å². The number of ketones is 1. The van der Waals surface area contributed by atoms with Gasteiger partial charge in [0, 0.05) is 16.5 Å². The summed E-state index contributed by atoms with van der Waals surface area (Å²) in [4.78, 5) is 22.7. The van der Waals surface area contributed by atoms with Crippen LogP contribution in [0.4, 0.5) is 5.69 Å². The highest BCUT2D eigenvalue weighted by atomic mass is 35.5. The van der Waals surface area contributed by atoms with Crippen molar-refractivity contribution in [2.24, 2.45) is 5.41 Å². The molecule has 0 aliphatic carbocycles. The van der Waals surface area contributed by atoms with Crippen LogP contribution in [0.25, 0.3) is 5.76 Å². The highest BCUT2D eigenvalue weighted by molar-refractivity contribution is 6.30. The van der Waals surface area contributed by atoms with Crippen molar-refractivity contribution in [2.45, 2.75) is 27.2 Å². The second kappa shape index (κ2) is 6.58. The van der Waals surface area contributed by atoms with E-state index in [4.69, 9.17) is 11.6 Å². The number of hydrogen-bond donors (Lipinski definition) is 1. The Labute approximate surface area is 132 Å². The first-order valence-electron chi connectivity index (χ1n) is 6.48. The molecule has 1 rings (SSSR count). The molecule has 6 nitrogen and oxygen atoms in total. The van der Waals surface area contributed by atoms with Gasteiger partial charge in [0.05, 0.1) is 10.5 Å². The molecule has 0 aliphatic heterocycles. The maximum atomic E-state index is 12.4. The molecule has 0 atom stereocenters. The second-order valence-electron chi connectivity index (χ2n) is 5.32. The van der Waals surface area contributed by atoms with E-state index in [1.807, 2.05) is 0 Å². The number of nitro groups is 1. The molecular weight excluding hydrogens is 308 g/mol. The summed E-state index contributed by atoms with van der Waals surface area (Å²) in [6.45, 7) is 5.04. The van der Waals surface area contributed by atoms with Crippen LogP contribution in [0.1, 0.15) is 32.8 Å². The van der Waals surface area contributed by atoms with Gasteiger partial charge in [-0.15, -0.1) is 0 Å². The Morgan fingerprint density at radius 1 is 1.50 bits per heavy atom. The maximum Gasteiger partial charge on any atom is 0.281 e. The van der Waals surface area contributed by atoms with E-state index in [0.717, 1.165) is 6.07 Å². The van der Waals surface area contributed by atoms with Gasteiger partial charge in [0.25, 0.3) is 5.69 Å². The van der Waals surface area contributed by atoms with Crippen molar-refractivity contribution in [3.63, 3.8) is 0 Å². The number of halogens is 1. The first kappa shape index (κ1) is 17.7. The zero-order valence-corrected chi connectivity index (χ0v) is 13.1. The van der Waals surface area contributed by atoms with Gasteiger partial charge in [0.1, 0.15) is 11.6 Å². The van der Waals surface area contributed by atoms with Gasteiger partial charge in [-0.05, 0) is 18.6 Å². The number of aliphatic hydroxyl groups is 1. The van der Waals surface area contributed by atoms with Gasteiger partial charge in [-0.2, -0.15) is 5.26 Å². The van der Waals surface area contributed by atoms with E-state index in [1.54, 1.807) is 26.8 Å². The summed E-state index contributed by atoms with van der Waals surface area (Å²) >= 11 is 5.70. The van der Waals surface area contributed by atoms with Crippen LogP contribution in [-0.4, -0.2) is 15.8 Å². The standard InChI is InChI=1S/C15H15ClN2O4/c1-4-15(2,3)14(20)11(8-17)13(19)10-6-5-9(16)7-12(10)18(21)22/h5-7,19H,4H2,1-3H3/b13-11-. The van der Waals surface area contributed by atoms with Crippen molar-refractivity contribution in [3.8, 4) is 6.07 Å². The fourth-order valence-corrected chi connectivity index (χ4v) is 1.87. The van der Waals surface area contributed by atoms with Gasteiger partial charge < -0.3 is 5.11 Å². The fraction of sp³-hybridized carbons (Fsp3) is 0.333. The molecule has 0 aromatic heterocycles. The van der Waals surface area contributed by atoms with E-state index in [2.05, 4.69) is 0 Å². The Morgan fingerprint density at radius 3 is 2.55 bits per heavy atom. The van der Waals surface area contributed by atoms with Crippen molar-refractivity contribution in [2.75, 3.05) is 0 Å². The average Bonchev–Trinajstić information content (AvgIpc) is 2.47. The molecule has 1 aromatic carbocycles. The van der Waals surface area contributed by atoms with E-state index in [9.17, 15) is 25.3 Å². The van der Waals surface area contributed by atoms with E-state index in [0.29, 0.717) is 6.42 Å². The summed E-state index contributed by atoms with van der Waals surface area (Å²) in [5.74, 6) is -1.28. The van der Waals surface area contributed by atoms with Crippen molar-refractivity contribution in [3.05, 3.63) is 44.5 Å². The van der Waals surface area contributed by atoms with Crippen molar-refractivity contribution < 1.29 is 14.8 Å². The number of nitro benzene ring substituents is 1. The molecule has 0 bridgehead atoms. The van der Waals surface area contributed by atoms with Gasteiger partial charge in [-0.1, -0.05) is 32.4 Å². The van der Waals surface area contributed by atoms with Gasteiger partial charge in [0.15, 0.2) is 11.5 Å². The van der Waals surface area contributed by atoms with Crippen molar-refractivity contribution >= 4 is 28.8 Å². The van der Waals surface area contributed by atoms with Crippen molar-refractivity contribution in [1.82, 2.24) is 0 Å². The number of hydrogen-bond acceptors (Lipinski definition) is 5. The van der Waals surface area contributed by atoms with E-state index < -0.39 is 33.1 Å². The van der Waals surface area contributed by atoms with E-state index in [1.165, 1.54) is 12.1 Å². The summed E-state index contributed by atoms with van der Waals surface area (Å²) in [7, 11) is 0. The molecule has 1 aromatic rings. The topological polar surface area (TPSA) is 104 Å². The smallest absolute Gasteiger partial charge is 0.281 e. The third kappa shape index (κ3) is 3.43. The van der Waals surface area contributed by atoms with Crippen LogP contribution < -0.4 is 0 Å². The highest BCUT2D eigenvalue weighted by Gasteiger charge is 2.32. The molecule has 22 heavy (non-hydrogen) atoms. The van der Waals surface area contributed by atoms with Gasteiger partial charge in [0.2, 0.25) is 0 Å². The van der Waals surface area contributed by atoms with E-state index in [-0.39, 0.29) is 10.6 Å². The Bertz CT molecular complexity index is 702. The zero-order valence-electron chi connectivity index (χ0n) is 12.4. The molecular formula is C15H15ClN2O4. The third-order valence-corrected chi connectivity index (χ3v) is 3.72. The number of carbonyl (C=O) groups is 1. The molecule has 1 N–H and O–H groups in total. The minimum atomic E-state index is -0.861. The van der Waals surface area contributed by atoms with Crippen LogP contribution in [0.5, 0.6) is 0 Å². The predicted octanol–water partition coefficient (Wildman–Crippen LogP) is 4.05. The molecule has 7 heteroatoms. The fourth-order valence-electron chi connectivity index (χ4n) is 1.70. The first-order valence-corrected chi connectivity index (χ1v) is 6.86. The molecule has 0 spiro atoms. The van der Waals surface area contributed by atoms with Gasteiger partial charge in [-0.25, -0.2) is 0 Å². The number of nitriles is 1. The molecule has 0 saturated heterocycles. The number of carbonyl (C=O) groups excluding carboxylic acids is 1. The second-order valence-corrected chi connectivity index (χ2v) is 5.76. The number of nitrogens with zero attached hydrogens (tertiary/aromatic N) is 2. The largest absolute Gasteiger partial charge is 0.506 e. The number of aliphatic hydroxyl groups excluding tert-OH is 1. The molecule has 0 saturated carbocycles. The lowest BCUT2D eigenvalue weighted by Crippen LogP contribution is -2.25. The third-order valence-electron chi connectivity index (χ3n) is 3.49. The lowest BCUT2D eigenvalue weighted by molar-refractivity contribution is -0.385. The van der Waals surface area contributed by atoms with Gasteiger partial charge in [-0.3, -0.25) is 14.9 Å². The van der Waals surface area contributed by atoms with E-state index >= 15 is 0 Å². The predicted molar refractivity (Wildman–Crippen MR) is 82.3 cm³/mol. The summed E-state index contributed by atoms with van der Waals surface area (Å²) in [6, 6.07) is 5.24. The molecule has 0 heterocycles. The van der Waals surface area contributed by atoms with Crippen LogP contribution in [0.2, 0.25) is 5.02 Å². The monoisotopic (exact) mass is 322 g/mol. The molecule has 0 unspecified atom stereocenters.